The first kappa shape index (κ1) is 17.3. The molecule has 0 saturated heterocycles. The number of halogens is 1. The van der Waals surface area contributed by atoms with E-state index >= 15 is 0 Å². The van der Waals surface area contributed by atoms with Crippen molar-refractivity contribution in [3.8, 4) is 0 Å². The third-order valence-electron chi connectivity index (χ3n) is 5.09. The predicted molar refractivity (Wildman–Crippen MR) is 111 cm³/mol. The lowest BCUT2D eigenvalue weighted by Crippen LogP contribution is -2.14. The van der Waals surface area contributed by atoms with Crippen molar-refractivity contribution < 1.29 is 0 Å². The monoisotopic (exact) mass is 375 g/mol. The van der Waals surface area contributed by atoms with Crippen LogP contribution in [0.5, 0.6) is 0 Å². The van der Waals surface area contributed by atoms with E-state index in [0.717, 1.165) is 39.1 Å². The van der Waals surface area contributed by atoms with Gasteiger partial charge in [-0.1, -0.05) is 38.3 Å². The van der Waals surface area contributed by atoms with Gasteiger partial charge in [-0.3, -0.25) is 4.99 Å². The Bertz CT molecular complexity index is 790. The fraction of sp³-hybridized carbons (Fsp3) is 0.550. The van der Waals surface area contributed by atoms with E-state index in [-0.39, 0.29) is 0 Å². The summed E-state index contributed by atoms with van der Waals surface area (Å²) in [7, 11) is 0. The zero-order valence-corrected chi connectivity index (χ0v) is 16.5. The molecular weight excluding hydrogens is 350 g/mol. The average molecular weight is 376 g/mol. The molecule has 1 atom stereocenters. The molecule has 1 aromatic heterocycles. The molecule has 0 spiro atoms. The van der Waals surface area contributed by atoms with Gasteiger partial charge in [-0.05, 0) is 43.4 Å². The number of nitrogens with zero attached hydrogens (tertiary/aromatic N) is 1. The normalized spacial score (nSPS) is 21.4. The van der Waals surface area contributed by atoms with Crippen molar-refractivity contribution in [1.29, 1.82) is 0 Å². The standard InChI is InChI=1S/C20H26ClN3S/c1-12(2)7-16-11-25-20(23-16)18-9-13-8-14(21)10-17(19(13)24-18)22-15-5-3-4-6-15/h8-10,12,15-16,22,24H,3-7,11H2,1-2H3. The molecule has 5 heteroatoms. The van der Waals surface area contributed by atoms with E-state index in [4.69, 9.17) is 16.6 Å². The molecule has 2 N–H and O–H groups in total. The number of hydrogen-bond donors (Lipinski definition) is 2. The maximum Gasteiger partial charge on any atom is 0.114 e. The van der Waals surface area contributed by atoms with Crippen LogP contribution in [0.2, 0.25) is 5.02 Å². The van der Waals surface area contributed by atoms with E-state index in [1.54, 1.807) is 0 Å². The molecule has 1 aromatic carbocycles. The lowest BCUT2D eigenvalue weighted by molar-refractivity contribution is 0.529. The molecule has 1 aliphatic carbocycles. The second kappa shape index (κ2) is 7.24. The van der Waals surface area contributed by atoms with Crippen LogP contribution in [0, 0.1) is 5.92 Å². The Morgan fingerprint density at radius 1 is 1.28 bits per heavy atom. The van der Waals surface area contributed by atoms with Crippen molar-refractivity contribution in [1.82, 2.24) is 4.98 Å². The highest BCUT2D eigenvalue weighted by molar-refractivity contribution is 8.14. The Balaban J connectivity index is 1.63. The third kappa shape index (κ3) is 3.85. The van der Waals surface area contributed by atoms with Gasteiger partial charge in [-0.2, -0.15) is 0 Å². The van der Waals surface area contributed by atoms with E-state index in [2.05, 4.69) is 30.2 Å². The van der Waals surface area contributed by atoms with Gasteiger partial charge in [0.05, 0.1) is 22.9 Å². The summed E-state index contributed by atoms with van der Waals surface area (Å²) in [6.45, 7) is 4.54. The predicted octanol–water partition coefficient (Wildman–Crippen LogP) is 6.08. The molecule has 0 bridgehead atoms. The molecule has 134 valence electrons. The molecule has 3 nitrogen and oxygen atoms in total. The van der Waals surface area contributed by atoms with E-state index in [1.165, 1.54) is 31.1 Å². The van der Waals surface area contributed by atoms with Crippen LogP contribution in [0.15, 0.2) is 23.2 Å². The van der Waals surface area contributed by atoms with Gasteiger partial charge in [0.2, 0.25) is 0 Å². The SMILES string of the molecule is CC(C)CC1CSC(c2cc3cc(Cl)cc(NC4CCCC4)c3[nH]2)=N1. The summed E-state index contributed by atoms with van der Waals surface area (Å²) in [6.07, 6.45) is 6.31. The van der Waals surface area contributed by atoms with Crippen molar-refractivity contribution in [2.24, 2.45) is 10.9 Å². The van der Waals surface area contributed by atoms with Crippen molar-refractivity contribution in [3.05, 3.63) is 28.9 Å². The molecule has 1 fully saturated rings. The molecule has 1 aliphatic heterocycles. The van der Waals surface area contributed by atoms with E-state index in [9.17, 15) is 0 Å². The summed E-state index contributed by atoms with van der Waals surface area (Å²) in [5.74, 6) is 1.79. The van der Waals surface area contributed by atoms with Crippen molar-refractivity contribution in [3.63, 3.8) is 0 Å². The lowest BCUT2D eigenvalue weighted by atomic mass is 10.1. The van der Waals surface area contributed by atoms with Crippen LogP contribution >= 0.6 is 23.4 Å². The van der Waals surface area contributed by atoms with Crippen LogP contribution in [0.1, 0.15) is 51.6 Å². The second-order valence-electron chi connectivity index (χ2n) is 7.75. The number of fused-ring (bicyclic) bond motifs is 1. The fourth-order valence-electron chi connectivity index (χ4n) is 3.95. The van der Waals surface area contributed by atoms with Gasteiger partial charge < -0.3 is 10.3 Å². The first-order valence-electron chi connectivity index (χ1n) is 9.38. The second-order valence-corrected chi connectivity index (χ2v) is 9.20. The number of thioether (sulfide) groups is 1. The van der Waals surface area contributed by atoms with Crippen LogP contribution < -0.4 is 5.32 Å². The first-order chi connectivity index (χ1) is 12.1. The zero-order valence-electron chi connectivity index (χ0n) is 14.9. The highest BCUT2D eigenvalue weighted by atomic mass is 35.5. The van der Waals surface area contributed by atoms with Crippen molar-refractivity contribution in [2.45, 2.75) is 58.0 Å². The number of aromatic nitrogens is 1. The summed E-state index contributed by atoms with van der Waals surface area (Å²) >= 11 is 8.24. The van der Waals surface area contributed by atoms with Gasteiger partial charge in [-0.25, -0.2) is 0 Å². The van der Waals surface area contributed by atoms with Crippen LogP contribution in [0.25, 0.3) is 10.9 Å². The van der Waals surface area contributed by atoms with Gasteiger partial charge in [0.25, 0.3) is 0 Å². The molecular formula is C20H26ClN3S. The largest absolute Gasteiger partial charge is 0.381 e. The molecule has 0 amide bonds. The molecule has 2 heterocycles. The summed E-state index contributed by atoms with van der Waals surface area (Å²) in [5.41, 5.74) is 3.41. The summed E-state index contributed by atoms with van der Waals surface area (Å²) < 4.78 is 0. The van der Waals surface area contributed by atoms with Crippen molar-refractivity contribution in [2.75, 3.05) is 11.1 Å². The minimum atomic E-state index is 0.450. The van der Waals surface area contributed by atoms with Crippen LogP contribution in [-0.4, -0.2) is 27.9 Å². The molecule has 2 aliphatic rings. The third-order valence-corrected chi connectivity index (χ3v) is 6.46. The number of hydrogen-bond acceptors (Lipinski definition) is 3. The number of nitrogens with one attached hydrogen (secondary N) is 2. The van der Waals surface area contributed by atoms with Gasteiger partial charge in [0.15, 0.2) is 0 Å². The molecule has 0 radical (unpaired) electrons. The highest BCUT2D eigenvalue weighted by Gasteiger charge is 2.22. The number of H-pyrrole nitrogens is 1. The first-order valence-corrected chi connectivity index (χ1v) is 10.7. The number of anilines is 1. The number of benzene rings is 1. The minimum Gasteiger partial charge on any atom is -0.381 e. The molecule has 25 heavy (non-hydrogen) atoms. The lowest BCUT2D eigenvalue weighted by Gasteiger charge is -2.14. The van der Waals surface area contributed by atoms with Crippen LogP contribution in [-0.2, 0) is 0 Å². The van der Waals surface area contributed by atoms with Gasteiger partial charge in [-0.15, -0.1) is 11.8 Å². The smallest absolute Gasteiger partial charge is 0.114 e. The number of aliphatic imine (C=N–C) groups is 1. The Morgan fingerprint density at radius 2 is 2.08 bits per heavy atom. The summed E-state index contributed by atoms with van der Waals surface area (Å²) in [6, 6.07) is 7.31. The van der Waals surface area contributed by atoms with Crippen molar-refractivity contribution >= 4 is 45.0 Å². The Morgan fingerprint density at radius 3 is 2.84 bits per heavy atom. The summed E-state index contributed by atoms with van der Waals surface area (Å²) in [4.78, 5) is 8.55. The van der Waals surface area contributed by atoms with Crippen LogP contribution in [0.3, 0.4) is 0 Å². The molecule has 4 rings (SSSR count). The Kier molecular flexibility index (Phi) is 5.01. The Hall–Kier alpha value is -1.13. The Labute approximate surface area is 159 Å². The quantitative estimate of drug-likeness (QED) is 0.664. The number of rotatable bonds is 5. The van der Waals surface area contributed by atoms with Gasteiger partial charge in [0.1, 0.15) is 5.04 Å². The number of aromatic amines is 1. The summed E-state index contributed by atoms with van der Waals surface area (Å²) in [5, 5.41) is 6.80. The zero-order chi connectivity index (χ0) is 17.4. The van der Waals surface area contributed by atoms with Gasteiger partial charge >= 0.3 is 0 Å². The molecule has 1 unspecified atom stereocenters. The van der Waals surface area contributed by atoms with E-state index in [0.29, 0.717) is 18.0 Å². The highest BCUT2D eigenvalue weighted by Crippen LogP contribution is 2.34. The van der Waals surface area contributed by atoms with Crippen LogP contribution in [0.4, 0.5) is 5.69 Å². The molecule has 1 saturated carbocycles. The van der Waals surface area contributed by atoms with E-state index in [1.807, 2.05) is 23.9 Å². The molecule has 2 aromatic rings. The maximum absolute atomic E-state index is 6.37. The topological polar surface area (TPSA) is 40.2 Å². The average Bonchev–Trinajstić information content (AvgIpc) is 3.26. The minimum absolute atomic E-state index is 0.450. The van der Waals surface area contributed by atoms with E-state index < -0.39 is 0 Å². The van der Waals surface area contributed by atoms with Gasteiger partial charge in [0, 0.05) is 22.2 Å². The fourth-order valence-corrected chi connectivity index (χ4v) is 5.23. The maximum atomic E-state index is 6.37.